The van der Waals surface area contributed by atoms with Crippen molar-refractivity contribution < 1.29 is 18.8 Å². The number of aryl methyl sites for hydroxylation is 1. The van der Waals surface area contributed by atoms with Gasteiger partial charge in [-0.1, -0.05) is 6.07 Å². The predicted molar refractivity (Wildman–Crippen MR) is 53.7 cm³/mol. The SMILES string of the molecule is CCOC(=O)c1c(C)ccc(F)c1[N+](=O)[O-]. The minimum absolute atomic E-state index is 0.0753. The molecule has 16 heavy (non-hydrogen) atoms. The summed E-state index contributed by atoms with van der Waals surface area (Å²) in [6, 6.07) is 2.25. The van der Waals surface area contributed by atoms with E-state index in [1.54, 1.807) is 6.92 Å². The minimum atomic E-state index is -1.04. The van der Waals surface area contributed by atoms with E-state index < -0.39 is 22.4 Å². The van der Waals surface area contributed by atoms with E-state index >= 15 is 0 Å². The van der Waals surface area contributed by atoms with Gasteiger partial charge >= 0.3 is 11.7 Å². The van der Waals surface area contributed by atoms with Crippen molar-refractivity contribution in [2.75, 3.05) is 6.61 Å². The Morgan fingerprint density at radius 2 is 2.19 bits per heavy atom. The van der Waals surface area contributed by atoms with Gasteiger partial charge in [-0.2, -0.15) is 4.39 Å². The maximum absolute atomic E-state index is 13.2. The molecule has 86 valence electrons. The molecule has 1 rings (SSSR count). The van der Waals surface area contributed by atoms with Crippen LogP contribution in [0.3, 0.4) is 0 Å². The van der Waals surface area contributed by atoms with Gasteiger partial charge in [0, 0.05) is 0 Å². The van der Waals surface area contributed by atoms with Crippen molar-refractivity contribution in [1.82, 2.24) is 0 Å². The second kappa shape index (κ2) is 4.69. The lowest BCUT2D eigenvalue weighted by atomic mass is 10.1. The Morgan fingerprint density at radius 3 is 2.69 bits per heavy atom. The monoisotopic (exact) mass is 227 g/mol. The minimum Gasteiger partial charge on any atom is -0.462 e. The molecule has 0 saturated carbocycles. The van der Waals surface area contributed by atoms with E-state index in [4.69, 9.17) is 0 Å². The van der Waals surface area contributed by atoms with E-state index in [1.165, 1.54) is 13.0 Å². The molecule has 0 atom stereocenters. The molecule has 6 heteroatoms. The molecule has 5 nitrogen and oxygen atoms in total. The highest BCUT2D eigenvalue weighted by Crippen LogP contribution is 2.26. The highest BCUT2D eigenvalue weighted by molar-refractivity contribution is 5.95. The van der Waals surface area contributed by atoms with Crippen molar-refractivity contribution in [3.05, 3.63) is 39.2 Å². The van der Waals surface area contributed by atoms with Crippen molar-refractivity contribution in [2.45, 2.75) is 13.8 Å². The molecule has 0 bridgehead atoms. The quantitative estimate of drug-likeness (QED) is 0.451. The lowest BCUT2D eigenvalue weighted by Crippen LogP contribution is -2.11. The van der Waals surface area contributed by atoms with Crippen molar-refractivity contribution in [3.63, 3.8) is 0 Å². The Balaban J connectivity index is 3.40. The number of carbonyl (C=O) groups excluding carboxylic acids is 1. The first-order chi connectivity index (χ1) is 7.49. The van der Waals surface area contributed by atoms with Gasteiger partial charge in [-0.15, -0.1) is 0 Å². The average Bonchev–Trinajstić information content (AvgIpc) is 2.20. The lowest BCUT2D eigenvalue weighted by Gasteiger charge is -2.06. The number of esters is 1. The molecule has 0 saturated heterocycles. The van der Waals surface area contributed by atoms with Gasteiger partial charge in [-0.25, -0.2) is 4.79 Å². The number of nitro groups is 1. The van der Waals surface area contributed by atoms with Crippen molar-refractivity contribution in [2.24, 2.45) is 0 Å². The van der Waals surface area contributed by atoms with Crippen LogP contribution in [-0.4, -0.2) is 17.5 Å². The summed E-state index contributed by atoms with van der Waals surface area (Å²) >= 11 is 0. The molecular formula is C10H10FNO4. The van der Waals surface area contributed by atoms with E-state index in [1.807, 2.05) is 0 Å². The molecular weight excluding hydrogens is 217 g/mol. The van der Waals surface area contributed by atoms with Crippen LogP contribution in [0, 0.1) is 22.9 Å². The van der Waals surface area contributed by atoms with Crippen LogP contribution in [-0.2, 0) is 4.74 Å². The topological polar surface area (TPSA) is 69.4 Å². The molecule has 0 aliphatic rings. The Bertz CT molecular complexity index is 445. The Morgan fingerprint density at radius 1 is 1.56 bits per heavy atom. The van der Waals surface area contributed by atoms with Crippen molar-refractivity contribution in [3.8, 4) is 0 Å². The van der Waals surface area contributed by atoms with Crippen molar-refractivity contribution in [1.29, 1.82) is 0 Å². The number of nitro benzene ring substituents is 1. The molecule has 0 aliphatic carbocycles. The Labute approximate surface area is 91.0 Å². The van der Waals surface area contributed by atoms with Crippen LogP contribution < -0.4 is 0 Å². The zero-order valence-corrected chi connectivity index (χ0v) is 8.82. The van der Waals surface area contributed by atoms with Gasteiger partial charge in [0.2, 0.25) is 5.82 Å². The van der Waals surface area contributed by atoms with Crippen LogP contribution in [0.1, 0.15) is 22.8 Å². The molecule has 1 aromatic rings. The standard InChI is InChI=1S/C10H10FNO4/c1-3-16-10(13)8-6(2)4-5-7(11)9(8)12(14)15/h4-5H,3H2,1-2H3. The molecule has 0 aliphatic heterocycles. The van der Waals surface area contributed by atoms with E-state index in [9.17, 15) is 19.3 Å². The zero-order chi connectivity index (χ0) is 12.3. The first-order valence-corrected chi connectivity index (χ1v) is 4.59. The largest absolute Gasteiger partial charge is 0.462 e. The number of halogens is 1. The van der Waals surface area contributed by atoms with Crippen LogP contribution in [0.25, 0.3) is 0 Å². The number of carbonyl (C=O) groups is 1. The fourth-order valence-electron chi connectivity index (χ4n) is 1.31. The first-order valence-electron chi connectivity index (χ1n) is 4.59. The van der Waals surface area contributed by atoms with Gasteiger partial charge in [0.1, 0.15) is 5.56 Å². The summed E-state index contributed by atoms with van der Waals surface area (Å²) in [6.45, 7) is 3.13. The summed E-state index contributed by atoms with van der Waals surface area (Å²) < 4.78 is 17.9. The highest BCUT2D eigenvalue weighted by atomic mass is 19.1. The van der Waals surface area contributed by atoms with Gasteiger partial charge < -0.3 is 4.74 Å². The fraction of sp³-hybridized carbons (Fsp3) is 0.300. The second-order valence-electron chi connectivity index (χ2n) is 3.07. The third-order valence-electron chi connectivity index (χ3n) is 2.00. The van der Waals surface area contributed by atoms with Crippen LogP contribution in [0.5, 0.6) is 0 Å². The summed E-state index contributed by atoms with van der Waals surface area (Å²) in [7, 11) is 0. The summed E-state index contributed by atoms with van der Waals surface area (Å²) in [4.78, 5) is 21.2. The summed E-state index contributed by atoms with van der Waals surface area (Å²) in [5.41, 5.74) is -0.850. The number of ether oxygens (including phenoxy) is 1. The number of hydrogen-bond acceptors (Lipinski definition) is 4. The van der Waals surface area contributed by atoms with Crippen LogP contribution in [0.15, 0.2) is 12.1 Å². The van der Waals surface area contributed by atoms with Gasteiger partial charge in [-0.05, 0) is 25.5 Å². The first kappa shape index (κ1) is 12.1. The molecule has 0 aromatic heterocycles. The number of benzene rings is 1. The fourth-order valence-corrected chi connectivity index (χ4v) is 1.31. The van der Waals surface area contributed by atoms with Gasteiger partial charge in [-0.3, -0.25) is 10.1 Å². The highest BCUT2D eigenvalue weighted by Gasteiger charge is 2.28. The number of hydrogen-bond donors (Lipinski definition) is 0. The molecule has 0 heterocycles. The smallest absolute Gasteiger partial charge is 0.345 e. The third kappa shape index (κ3) is 2.16. The van der Waals surface area contributed by atoms with E-state index in [0.717, 1.165) is 6.07 Å². The maximum Gasteiger partial charge on any atom is 0.345 e. The lowest BCUT2D eigenvalue weighted by molar-refractivity contribution is -0.387. The van der Waals surface area contributed by atoms with Crippen LogP contribution >= 0.6 is 0 Å². The molecule has 0 N–H and O–H groups in total. The van der Waals surface area contributed by atoms with Gasteiger partial charge in [0.25, 0.3) is 0 Å². The summed E-state index contributed by atoms with van der Waals surface area (Å²) in [6.07, 6.45) is 0. The molecule has 0 spiro atoms. The van der Waals surface area contributed by atoms with Crippen LogP contribution in [0.2, 0.25) is 0 Å². The zero-order valence-electron chi connectivity index (χ0n) is 8.82. The molecule has 0 amide bonds. The number of nitrogens with zero attached hydrogens (tertiary/aromatic N) is 1. The van der Waals surface area contributed by atoms with E-state index in [-0.39, 0.29) is 12.2 Å². The van der Waals surface area contributed by atoms with E-state index in [2.05, 4.69) is 4.74 Å². The summed E-state index contributed by atoms with van der Waals surface area (Å²) in [5, 5.41) is 10.7. The molecule has 0 radical (unpaired) electrons. The normalized spacial score (nSPS) is 9.94. The predicted octanol–water partition coefficient (Wildman–Crippen LogP) is 2.22. The molecule has 1 aromatic carbocycles. The second-order valence-corrected chi connectivity index (χ2v) is 3.07. The Hall–Kier alpha value is -1.98. The van der Waals surface area contributed by atoms with E-state index in [0.29, 0.717) is 5.56 Å². The van der Waals surface area contributed by atoms with Gasteiger partial charge in [0.15, 0.2) is 0 Å². The van der Waals surface area contributed by atoms with Crippen LogP contribution in [0.4, 0.5) is 10.1 Å². The number of rotatable bonds is 3. The third-order valence-corrected chi connectivity index (χ3v) is 2.00. The molecule has 0 unspecified atom stereocenters. The maximum atomic E-state index is 13.2. The molecule has 0 fully saturated rings. The summed E-state index contributed by atoms with van der Waals surface area (Å²) in [5.74, 6) is -1.93. The van der Waals surface area contributed by atoms with Gasteiger partial charge in [0.05, 0.1) is 11.5 Å². The Kier molecular flexibility index (Phi) is 3.55. The average molecular weight is 227 g/mol. The van der Waals surface area contributed by atoms with Crippen molar-refractivity contribution >= 4 is 11.7 Å².